The molecule has 0 bridgehead atoms. The molecule has 0 aliphatic heterocycles. The maximum atomic E-state index is 9.70. The van der Waals surface area contributed by atoms with Crippen molar-refractivity contribution in [2.75, 3.05) is 20.6 Å². The van der Waals surface area contributed by atoms with Gasteiger partial charge in [-0.25, -0.2) is 0 Å². The number of thiophene rings is 1. The Morgan fingerprint density at radius 2 is 2.21 bits per heavy atom. The van der Waals surface area contributed by atoms with Gasteiger partial charge in [0.25, 0.3) is 0 Å². The van der Waals surface area contributed by atoms with E-state index in [1.54, 1.807) is 11.3 Å². The highest BCUT2D eigenvalue weighted by molar-refractivity contribution is 7.16. The SMILES string of the molecule is CN(C)CCC(O)Cc1ccc(Cl)s1. The van der Waals surface area contributed by atoms with Gasteiger partial charge in [0.05, 0.1) is 10.4 Å². The second-order valence-corrected chi connectivity index (χ2v) is 5.46. The van der Waals surface area contributed by atoms with Crippen LogP contribution in [-0.4, -0.2) is 36.8 Å². The van der Waals surface area contributed by atoms with Crippen molar-refractivity contribution in [3.8, 4) is 0 Å². The molecule has 2 nitrogen and oxygen atoms in total. The summed E-state index contributed by atoms with van der Waals surface area (Å²) in [4.78, 5) is 3.23. The number of hydrogen-bond donors (Lipinski definition) is 1. The summed E-state index contributed by atoms with van der Waals surface area (Å²) in [6.45, 7) is 0.917. The van der Waals surface area contributed by atoms with Crippen LogP contribution in [0.2, 0.25) is 4.34 Å². The minimum Gasteiger partial charge on any atom is -0.393 e. The van der Waals surface area contributed by atoms with E-state index in [0.717, 1.165) is 22.2 Å². The molecule has 0 radical (unpaired) electrons. The largest absolute Gasteiger partial charge is 0.393 e. The average Bonchev–Trinajstić information content (AvgIpc) is 2.48. The summed E-state index contributed by atoms with van der Waals surface area (Å²) in [6, 6.07) is 3.85. The van der Waals surface area contributed by atoms with Crippen LogP contribution in [0.4, 0.5) is 0 Å². The van der Waals surface area contributed by atoms with E-state index in [9.17, 15) is 5.11 Å². The van der Waals surface area contributed by atoms with Gasteiger partial charge in [0.1, 0.15) is 0 Å². The van der Waals surface area contributed by atoms with Gasteiger partial charge >= 0.3 is 0 Å². The monoisotopic (exact) mass is 233 g/mol. The lowest BCUT2D eigenvalue weighted by molar-refractivity contribution is 0.153. The van der Waals surface area contributed by atoms with Crippen molar-refractivity contribution in [2.45, 2.75) is 18.9 Å². The normalized spacial score (nSPS) is 13.5. The highest BCUT2D eigenvalue weighted by atomic mass is 35.5. The van der Waals surface area contributed by atoms with Crippen LogP contribution in [0.5, 0.6) is 0 Å². The molecule has 0 amide bonds. The van der Waals surface area contributed by atoms with Gasteiger partial charge in [0.15, 0.2) is 0 Å². The van der Waals surface area contributed by atoms with E-state index < -0.39 is 0 Å². The topological polar surface area (TPSA) is 23.5 Å². The fraction of sp³-hybridized carbons (Fsp3) is 0.600. The highest BCUT2D eigenvalue weighted by Crippen LogP contribution is 2.22. The van der Waals surface area contributed by atoms with Crippen LogP contribution in [0.25, 0.3) is 0 Å². The van der Waals surface area contributed by atoms with Gasteiger partial charge in [0.2, 0.25) is 0 Å². The van der Waals surface area contributed by atoms with Crippen LogP contribution < -0.4 is 0 Å². The van der Waals surface area contributed by atoms with Crippen molar-refractivity contribution in [2.24, 2.45) is 0 Å². The average molecular weight is 234 g/mol. The van der Waals surface area contributed by atoms with E-state index >= 15 is 0 Å². The zero-order chi connectivity index (χ0) is 10.6. The third-order valence-corrected chi connectivity index (χ3v) is 3.23. The van der Waals surface area contributed by atoms with Gasteiger partial charge in [-0.1, -0.05) is 11.6 Å². The summed E-state index contributed by atoms with van der Waals surface area (Å²) in [6.07, 6.45) is 1.26. The number of halogens is 1. The van der Waals surface area contributed by atoms with Crippen molar-refractivity contribution < 1.29 is 5.11 Å². The number of hydrogen-bond acceptors (Lipinski definition) is 3. The summed E-state index contributed by atoms with van der Waals surface area (Å²) in [7, 11) is 4.02. The maximum Gasteiger partial charge on any atom is 0.0931 e. The zero-order valence-corrected chi connectivity index (χ0v) is 10.1. The summed E-state index contributed by atoms with van der Waals surface area (Å²) < 4.78 is 0.791. The molecule has 1 aromatic rings. The minimum absolute atomic E-state index is 0.257. The molecule has 0 saturated carbocycles. The van der Waals surface area contributed by atoms with E-state index in [1.165, 1.54) is 0 Å². The Morgan fingerprint density at radius 1 is 1.50 bits per heavy atom. The number of rotatable bonds is 5. The van der Waals surface area contributed by atoms with Crippen molar-refractivity contribution in [1.82, 2.24) is 4.90 Å². The first-order valence-corrected chi connectivity index (χ1v) is 5.84. The third kappa shape index (κ3) is 4.42. The Hall–Kier alpha value is -0.0900. The lowest BCUT2D eigenvalue weighted by atomic mass is 10.1. The van der Waals surface area contributed by atoms with Crippen molar-refractivity contribution in [3.63, 3.8) is 0 Å². The standard InChI is InChI=1S/C10H16ClNOS/c1-12(2)6-5-8(13)7-9-3-4-10(11)14-9/h3-4,8,13H,5-7H2,1-2H3. The summed E-state index contributed by atoms with van der Waals surface area (Å²) in [5.41, 5.74) is 0. The lowest BCUT2D eigenvalue weighted by Gasteiger charge is -2.13. The first-order chi connectivity index (χ1) is 6.58. The van der Waals surface area contributed by atoms with Crippen LogP contribution in [-0.2, 0) is 6.42 Å². The molecule has 1 unspecified atom stereocenters. The van der Waals surface area contributed by atoms with Crippen LogP contribution in [0.3, 0.4) is 0 Å². The van der Waals surface area contributed by atoms with Crippen LogP contribution in [0.15, 0.2) is 12.1 Å². The van der Waals surface area contributed by atoms with Gasteiger partial charge in [-0.2, -0.15) is 0 Å². The molecule has 0 saturated heterocycles. The van der Waals surface area contributed by atoms with E-state index in [0.29, 0.717) is 6.42 Å². The van der Waals surface area contributed by atoms with E-state index in [4.69, 9.17) is 11.6 Å². The molecule has 1 aromatic heterocycles. The molecule has 0 aliphatic carbocycles. The third-order valence-electron chi connectivity index (χ3n) is 1.98. The van der Waals surface area contributed by atoms with E-state index in [2.05, 4.69) is 4.90 Å². The van der Waals surface area contributed by atoms with Gasteiger partial charge in [0, 0.05) is 11.3 Å². The van der Waals surface area contributed by atoms with Crippen molar-refractivity contribution in [3.05, 3.63) is 21.3 Å². The lowest BCUT2D eigenvalue weighted by Crippen LogP contribution is -2.20. The molecular formula is C10H16ClNOS. The quantitative estimate of drug-likeness (QED) is 0.844. The Kier molecular flexibility index (Phi) is 4.89. The molecule has 1 atom stereocenters. The van der Waals surface area contributed by atoms with Gasteiger partial charge in [-0.3, -0.25) is 0 Å². The Labute approximate surface area is 94.1 Å². The summed E-state index contributed by atoms with van der Waals surface area (Å²) >= 11 is 7.34. The Bertz CT molecular complexity index is 275. The molecular weight excluding hydrogens is 218 g/mol. The molecule has 4 heteroatoms. The first kappa shape index (κ1) is 12.0. The first-order valence-electron chi connectivity index (χ1n) is 4.65. The minimum atomic E-state index is -0.257. The molecule has 1 N–H and O–H groups in total. The van der Waals surface area contributed by atoms with E-state index in [-0.39, 0.29) is 6.10 Å². The van der Waals surface area contributed by atoms with Crippen LogP contribution in [0.1, 0.15) is 11.3 Å². The molecule has 0 fully saturated rings. The second-order valence-electron chi connectivity index (χ2n) is 3.66. The molecule has 80 valence electrons. The predicted octanol–water partition coefficient (Wildman–Crippen LogP) is 2.26. The number of nitrogens with zero attached hydrogens (tertiary/aromatic N) is 1. The molecule has 0 aliphatic rings. The molecule has 0 spiro atoms. The van der Waals surface area contributed by atoms with Gasteiger partial charge < -0.3 is 10.0 Å². The number of aliphatic hydroxyl groups is 1. The second kappa shape index (κ2) is 5.71. The molecule has 1 rings (SSSR count). The predicted molar refractivity (Wildman–Crippen MR) is 62.2 cm³/mol. The fourth-order valence-electron chi connectivity index (χ4n) is 1.20. The molecule has 1 heterocycles. The zero-order valence-electron chi connectivity index (χ0n) is 8.53. The highest BCUT2D eigenvalue weighted by Gasteiger charge is 2.07. The van der Waals surface area contributed by atoms with Crippen molar-refractivity contribution in [1.29, 1.82) is 0 Å². The Balaban J connectivity index is 2.30. The van der Waals surface area contributed by atoms with Gasteiger partial charge in [-0.05, 0) is 39.2 Å². The Morgan fingerprint density at radius 3 is 2.71 bits per heavy atom. The number of aliphatic hydroxyl groups excluding tert-OH is 1. The smallest absolute Gasteiger partial charge is 0.0931 e. The van der Waals surface area contributed by atoms with Gasteiger partial charge in [-0.15, -0.1) is 11.3 Å². The summed E-state index contributed by atoms with van der Waals surface area (Å²) in [5.74, 6) is 0. The molecule has 0 aromatic carbocycles. The van der Waals surface area contributed by atoms with Crippen LogP contribution >= 0.6 is 22.9 Å². The fourth-order valence-corrected chi connectivity index (χ4v) is 2.36. The van der Waals surface area contributed by atoms with Crippen LogP contribution in [0, 0.1) is 0 Å². The van der Waals surface area contributed by atoms with Crippen molar-refractivity contribution >= 4 is 22.9 Å². The molecule has 14 heavy (non-hydrogen) atoms. The summed E-state index contributed by atoms with van der Waals surface area (Å²) in [5, 5.41) is 9.70. The maximum absolute atomic E-state index is 9.70. The van der Waals surface area contributed by atoms with E-state index in [1.807, 2.05) is 26.2 Å².